The number of nitrogens with two attached hydrogens (primary N) is 1. The molecule has 3 nitrogen and oxygen atoms in total. The first-order chi connectivity index (χ1) is 5.91. The predicted octanol–water partition coefficient (Wildman–Crippen LogP) is 1.29. The summed E-state index contributed by atoms with van der Waals surface area (Å²) in [6, 6.07) is 0.983. The minimum atomic E-state index is -4.77. The van der Waals surface area contributed by atoms with Crippen LogP contribution in [0.15, 0.2) is 23.4 Å². The highest BCUT2D eigenvalue weighted by atomic mass is 32.2. The Labute approximate surface area is 74.2 Å². The van der Waals surface area contributed by atoms with Gasteiger partial charge < -0.3 is 5.73 Å². The van der Waals surface area contributed by atoms with E-state index < -0.39 is 21.2 Å². The number of alkyl halides is 3. The Morgan fingerprint density at radius 1 is 1.38 bits per heavy atom. The standard InChI is InChI=1S/C6H5F3N2OS/c7-6(8,9)13(12)5-1-4(10)2-11-3-5/h1-3H,10H2/t13-/m1/s1. The quantitative estimate of drug-likeness (QED) is 0.759. The molecule has 0 unspecified atom stereocenters. The fourth-order valence-electron chi connectivity index (χ4n) is 0.671. The largest absolute Gasteiger partial charge is 0.475 e. The SMILES string of the molecule is Nc1cncc([S@@](=O)C(F)(F)F)c1. The van der Waals surface area contributed by atoms with Gasteiger partial charge in [-0.25, -0.2) is 4.21 Å². The molecule has 13 heavy (non-hydrogen) atoms. The molecule has 0 radical (unpaired) electrons. The van der Waals surface area contributed by atoms with Gasteiger partial charge in [0.1, 0.15) is 0 Å². The highest BCUT2D eigenvalue weighted by molar-refractivity contribution is 7.86. The molecule has 0 saturated carbocycles. The molecule has 0 spiro atoms. The maximum absolute atomic E-state index is 11.9. The van der Waals surface area contributed by atoms with Gasteiger partial charge in [0.25, 0.3) is 0 Å². The summed E-state index contributed by atoms with van der Waals surface area (Å²) in [5, 5.41) is 0. The third-order valence-corrected chi connectivity index (χ3v) is 2.23. The molecule has 72 valence electrons. The molecule has 1 aromatic heterocycles. The molecular formula is C6H5F3N2OS. The number of nitrogen functional groups attached to an aromatic ring is 1. The van der Waals surface area contributed by atoms with Gasteiger partial charge in [-0.3, -0.25) is 4.98 Å². The maximum Gasteiger partial charge on any atom is 0.475 e. The number of halogens is 3. The molecule has 7 heteroatoms. The van der Waals surface area contributed by atoms with Crippen LogP contribution in [0.4, 0.5) is 18.9 Å². The number of anilines is 1. The van der Waals surface area contributed by atoms with Crippen molar-refractivity contribution in [3.63, 3.8) is 0 Å². The summed E-state index contributed by atoms with van der Waals surface area (Å²) in [5.74, 6) is 0. The molecule has 0 amide bonds. The highest BCUT2D eigenvalue weighted by Gasteiger charge is 2.38. The van der Waals surface area contributed by atoms with E-state index >= 15 is 0 Å². The van der Waals surface area contributed by atoms with Crippen LogP contribution in [0.25, 0.3) is 0 Å². The Balaban J connectivity index is 3.03. The Bertz CT molecular complexity index is 339. The maximum atomic E-state index is 11.9. The molecule has 0 fully saturated rings. The van der Waals surface area contributed by atoms with Crippen LogP contribution in [0.3, 0.4) is 0 Å². The minimum absolute atomic E-state index is 0.0510. The van der Waals surface area contributed by atoms with E-state index in [0.29, 0.717) is 0 Å². The van der Waals surface area contributed by atoms with Crippen molar-refractivity contribution in [2.24, 2.45) is 0 Å². The molecule has 0 aliphatic rings. The van der Waals surface area contributed by atoms with Gasteiger partial charge in [0.15, 0.2) is 10.8 Å². The lowest BCUT2D eigenvalue weighted by atomic mass is 10.4. The second kappa shape index (κ2) is 3.33. The van der Waals surface area contributed by atoms with Gasteiger partial charge in [-0.15, -0.1) is 0 Å². The number of hydrogen-bond acceptors (Lipinski definition) is 3. The van der Waals surface area contributed by atoms with Crippen LogP contribution >= 0.6 is 0 Å². The lowest BCUT2D eigenvalue weighted by Crippen LogP contribution is -2.16. The van der Waals surface area contributed by atoms with Gasteiger partial charge in [0, 0.05) is 12.4 Å². The van der Waals surface area contributed by atoms with E-state index in [0.717, 1.165) is 12.3 Å². The fourth-order valence-corrected chi connectivity index (χ4v) is 1.34. The van der Waals surface area contributed by atoms with Crippen LogP contribution in [-0.4, -0.2) is 14.7 Å². The molecule has 0 aliphatic heterocycles. The predicted molar refractivity (Wildman–Crippen MR) is 41.1 cm³/mol. The number of rotatable bonds is 1. The minimum Gasteiger partial charge on any atom is -0.397 e. The van der Waals surface area contributed by atoms with Gasteiger partial charge in [-0.05, 0) is 6.07 Å². The van der Waals surface area contributed by atoms with Crippen LogP contribution in [0.1, 0.15) is 0 Å². The first kappa shape index (κ1) is 9.97. The summed E-state index contributed by atoms with van der Waals surface area (Å²) < 4.78 is 46.4. The van der Waals surface area contributed by atoms with Crippen molar-refractivity contribution in [1.82, 2.24) is 4.98 Å². The fraction of sp³-hybridized carbons (Fsp3) is 0.167. The molecule has 1 atom stereocenters. The van der Waals surface area contributed by atoms with Gasteiger partial charge in [-0.2, -0.15) is 13.2 Å². The Morgan fingerprint density at radius 3 is 2.46 bits per heavy atom. The van der Waals surface area contributed by atoms with Gasteiger partial charge in [0.05, 0.1) is 10.6 Å². The summed E-state index contributed by atoms with van der Waals surface area (Å²) >= 11 is 0. The number of hydrogen-bond donors (Lipinski definition) is 1. The average Bonchev–Trinajstić information content (AvgIpc) is 2.01. The molecule has 0 aliphatic carbocycles. The first-order valence-corrected chi connectivity index (χ1v) is 4.25. The van der Waals surface area contributed by atoms with Crippen molar-refractivity contribution in [1.29, 1.82) is 0 Å². The Morgan fingerprint density at radius 2 is 2.00 bits per heavy atom. The van der Waals surface area contributed by atoms with E-state index in [4.69, 9.17) is 5.73 Å². The van der Waals surface area contributed by atoms with Crippen LogP contribution < -0.4 is 5.73 Å². The molecule has 2 N–H and O–H groups in total. The molecule has 0 bridgehead atoms. The van der Waals surface area contributed by atoms with Crippen molar-refractivity contribution in [2.75, 3.05) is 5.73 Å². The van der Waals surface area contributed by atoms with E-state index in [-0.39, 0.29) is 5.69 Å². The van der Waals surface area contributed by atoms with Gasteiger partial charge in [0.2, 0.25) is 0 Å². The van der Waals surface area contributed by atoms with E-state index in [2.05, 4.69) is 4.98 Å². The van der Waals surface area contributed by atoms with Crippen molar-refractivity contribution in [3.05, 3.63) is 18.5 Å². The summed E-state index contributed by atoms with van der Waals surface area (Å²) in [6.07, 6.45) is 2.05. The van der Waals surface area contributed by atoms with Gasteiger partial charge in [-0.1, -0.05) is 0 Å². The Kier molecular flexibility index (Phi) is 2.55. The summed E-state index contributed by atoms with van der Waals surface area (Å²) in [4.78, 5) is 2.96. The van der Waals surface area contributed by atoms with E-state index in [1.54, 1.807) is 0 Å². The number of nitrogens with zero attached hydrogens (tertiary/aromatic N) is 1. The zero-order valence-corrected chi connectivity index (χ0v) is 7.02. The molecule has 1 rings (SSSR count). The highest BCUT2D eigenvalue weighted by Crippen LogP contribution is 2.26. The van der Waals surface area contributed by atoms with E-state index in [1.807, 2.05) is 0 Å². The van der Waals surface area contributed by atoms with E-state index in [9.17, 15) is 17.4 Å². The smallest absolute Gasteiger partial charge is 0.397 e. The molecular weight excluding hydrogens is 205 g/mol. The molecule has 0 aromatic carbocycles. The number of aromatic nitrogens is 1. The van der Waals surface area contributed by atoms with Crippen molar-refractivity contribution < 1.29 is 17.4 Å². The number of pyridine rings is 1. The van der Waals surface area contributed by atoms with Crippen LogP contribution in [0.5, 0.6) is 0 Å². The monoisotopic (exact) mass is 210 g/mol. The third-order valence-electron chi connectivity index (χ3n) is 1.16. The summed E-state index contributed by atoms with van der Waals surface area (Å²) in [6.45, 7) is 0. The van der Waals surface area contributed by atoms with Crippen molar-refractivity contribution in [3.8, 4) is 0 Å². The van der Waals surface area contributed by atoms with Crippen LogP contribution in [-0.2, 0) is 10.8 Å². The zero-order valence-electron chi connectivity index (χ0n) is 6.21. The first-order valence-electron chi connectivity index (χ1n) is 3.10. The Hall–Kier alpha value is -1.11. The lowest BCUT2D eigenvalue weighted by molar-refractivity contribution is -0.0384. The van der Waals surface area contributed by atoms with Crippen LogP contribution in [0, 0.1) is 0 Å². The second-order valence-corrected chi connectivity index (χ2v) is 3.64. The third kappa shape index (κ3) is 2.41. The van der Waals surface area contributed by atoms with Crippen molar-refractivity contribution >= 4 is 16.5 Å². The molecule has 0 saturated heterocycles. The molecule has 1 aromatic rings. The summed E-state index contributed by atoms with van der Waals surface area (Å²) in [7, 11) is -3.05. The van der Waals surface area contributed by atoms with Gasteiger partial charge >= 0.3 is 5.51 Å². The topological polar surface area (TPSA) is 56.0 Å². The normalized spacial score (nSPS) is 14.1. The summed E-state index contributed by atoms with van der Waals surface area (Å²) in [5.41, 5.74) is 0.458. The van der Waals surface area contributed by atoms with Crippen molar-refractivity contribution in [2.45, 2.75) is 10.4 Å². The van der Waals surface area contributed by atoms with Crippen LogP contribution in [0.2, 0.25) is 0 Å². The lowest BCUT2D eigenvalue weighted by Gasteiger charge is -2.05. The second-order valence-electron chi connectivity index (χ2n) is 2.17. The molecule has 1 heterocycles. The zero-order chi connectivity index (χ0) is 10.1. The van der Waals surface area contributed by atoms with E-state index in [1.165, 1.54) is 6.20 Å². The average molecular weight is 210 g/mol.